The molecule has 1 aliphatic rings. The number of rotatable bonds is 5. The third-order valence-corrected chi connectivity index (χ3v) is 3.88. The first kappa shape index (κ1) is 14.2. The minimum atomic E-state index is 0.667. The van der Waals surface area contributed by atoms with Crippen LogP contribution in [0.25, 0.3) is 11.6 Å². The van der Waals surface area contributed by atoms with Crippen LogP contribution in [0.4, 0.5) is 0 Å². The molecule has 3 rings (SSSR count). The average molecular weight is 297 g/mol. The number of aromatic amines is 2. The van der Waals surface area contributed by atoms with E-state index in [0.29, 0.717) is 6.61 Å². The number of ether oxygens (including phenoxy) is 1. The minimum absolute atomic E-state index is 0.667. The number of allylic oxidation sites excluding steroid dienone is 1. The second kappa shape index (κ2) is 5.93. The van der Waals surface area contributed by atoms with Crippen LogP contribution in [-0.4, -0.2) is 27.0 Å². The molecule has 0 saturated heterocycles. The highest BCUT2D eigenvalue weighted by Gasteiger charge is 2.23. The van der Waals surface area contributed by atoms with Gasteiger partial charge in [-0.25, -0.2) is 0 Å². The first-order chi connectivity index (χ1) is 10.7. The molecular formula is C16H19N5O. The molecule has 0 aromatic carbocycles. The smallest absolute Gasteiger partial charge is 0.128 e. The van der Waals surface area contributed by atoms with Gasteiger partial charge in [0.15, 0.2) is 0 Å². The summed E-state index contributed by atoms with van der Waals surface area (Å²) in [5.74, 6) is 0.840. The van der Waals surface area contributed by atoms with E-state index in [1.165, 1.54) is 11.1 Å². The van der Waals surface area contributed by atoms with Crippen LogP contribution in [-0.2, 0) is 11.2 Å². The van der Waals surface area contributed by atoms with Crippen molar-refractivity contribution in [3.63, 3.8) is 0 Å². The van der Waals surface area contributed by atoms with Crippen LogP contribution in [0.5, 0.6) is 0 Å². The molecule has 6 nitrogen and oxygen atoms in total. The average Bonchev–Trinajstić information content (AvgIpc) is 3.24. The summed E-state index contributed by atoms with van der Waals surface area (Å²) in [6.45, 7) is 6.47. The Hall–Kier alpha value is -2.76. The monoisotopic (exact) mass is 297 g/mol. The normalized spacial score (nSPS) is 15.2. The number of hydrogen-bond donors (Lipinski definition) is 3. The third kappa shape index (κ3) is 2.43. The zero-order valence-electron chi connectivity index (χ0n) is 12.5. The zero-order valence-corrected chi connectivity index (χ0v) is 12.5. The number of aryl methyl sites for hydroxylation is 1. The first-order valence-electron chi connectivity index (χ1n) is 7.16. The van der Waals surface area contributed by atoms with Crippen LogP contribution in [0.2, 0.25) is 0 Å². The lowest BCUT2D eigenvalue weighted by molar-refractivity contribution is 0.260. The fourth-order valence-corrected chi connectivity index (χ4v) is 2.67. The van der Waals surface area contributed by atoms with Gasteiger partial charge in [0.05, 0.1) is 24.7 Å². The van der Waals surface area contributed by atoms with E-state index in [1.807, 2.05) is 13.1 Å². The van der Waals surface area contributed by atoms with Crippen LogP contribution in [0.1, 0.15) is 28.9 Å². The number of aromatic nitrogens is 4. The van der Waals surface area contributed by atoms with E-state index in [1.54, 1.807) is 18.5 Å². The van der Waals surface area contributed by atoms with E-state index in [4.69, 9.17) is 10.5 Å². The van der Waals surface area contributed by atoms with Gasteiger partial charge < -0.3 is 10.5 Å². The van der Waals surface area contributed by atoms with Crippen molar-refractivity contribution in [2.45, 2.75) is 19.8 Å². The summed E-state index contributed by atoms with van der Waals surface area (Å²) in [6, 6.07) is 0. The fraction of sp³-hybridized carbons (Fsp3) is 0.250. The lowest BCUT2D eigenvalue weighted by atomic mass is 9.97. The maximum atomic E-state index is 5.86. The van der Waals surface area contributed by atoms with Crippen molar-refractivity contribution >= 4 is 11.6 Å². The number of nitrogens with one attached hydrogen (secondary N) is 2. The van der Waals surface area contributed by atoms with Crippen molar-refractivity contribution in [1.29, 1.82) is 0 Å². The summed E-state index contributed by atoms with van der Waals surface area (Å²) in [5.41, 5.74) is 11.9. The fourth-order valence-electron chi connectivity index (χ4n) is 2.67. The molecule has 0 bridgehead atoms. The summed E-state index contributed by atoms with van der Waals surface area (Å²) in [7, 11) is 0. The summed E-state index contributed by atoms with van der Waals surface area (Å²) in [6.07, 6.45) is 8.58. The standard InChI is InChI=1S/C16H19N5O/c1-3-15-14(9-19-21-15)13(7-17)16-11(4-5-22-16)6-12-8-18-20-10(12)2/h3,7-9H,1,4-6,17H2,2H3,(H,18,20)(H,19,21)/b13-7-. The van der Waals surface area contributed by atoms with Crippen LogP contribution in [0.3, 0.4) is 0 Å². The molecule has 0 radical (unpaired) electrons. The van der Waals surface area contributed by atoms with Crippen molar-refractivity contribution in [3.8, 4) is 0 Å². The molecule has 114 valence electrons. The Balaban J connectivity index is 1.98. The molecule has 3 heterocycles. The molecule has 0 atom stereocenters. The highest BCUT2D eigenvalue weighted by atomic mass is 16.5. The van der Waals surface area contributed by atoms with Gasteiger partial charge in [-0.05, 0) is 24.1 Å². The molecule has 0 unspecified atom stereocenters. The molecule has 0 amide bonds. The van der Waals surface area contributed by atoms with E-state index in [2.05, 4.69) is 27.0 Å². The Kier molecular flexibility index (Phi) is 3.82. The Bertz CT molecular complexity index is 750. The predicted octanol–water partition coefficient (Wildman–Crippen LogP) is 2.30. The molecule has 0 fully saturated rings. The maximum absolute atomic E-state index is 5.86. The van der Waals surface area contributed by atoms with Gasteiger partial charge in [-0.15, -0.1) is 0 Å². The number of H-pyrrole nitrogens is 2. The van der Waals surface area contributed by atoms with Gasteiger partial charge in [0.2, 0.25) is 0 Å². The maximum Gasteiger partial charge on any atom is 0.128 e. The lowest BCUT2D eigenvalue weighted by Crippen LogP contribution is -1.99. The van der Waals surface area contributed by atoms with E-state index in [-0.39, 0.29) is 0 Å². The molecule has 6 heteroatoms. The highest BCUT2D eigenvalue weighted by molar-refractivity contribution is 5.81. The van der Waals surface area contributed by atoms with Crippen LogP contribution in [0, 0.1) is 6.92 Å². The first-order valence-corrected chi connectivity index (χ1v) is 7.16. The van der Waals surface area contributed by atoms with Crippen molar-refractivity contribution in [2.24, 2.45) is 5.73 Å². The summed E-state index contributed by atoms with van der Waals surface area (Å²) < 4.78 is 5.86. The van der Waals surface area contributed by atoms with Crippen LogP contribution >= 0.6 is 0 Å². The lowest BCUT2D eigenvalue weighted by Gasteiger charge is -2.10. The summed E-state index contributed by atoms with van der Waals surface area (Å²) in [5, 5.41) is 14.0. The minimum Gasteiger partial charge on any atom is -0.493 e. The van der Waals surface area contributed by atoms with Gasteiger partial charge in [0, 0.05) is 35.9 Å². The Morgan fingerprint density at radius 2 is 2.23 bits per heavy atom. The Labute approximate surface area is 128 Å². The SMILES string of the molecule is C=Cc1[nH]ncc1/C(=C/N)C1=C(Cc2cn[nH]c2C)CCO1. The van der Waals surface area contributed by atoms with Crippen molar-refractivity contribution in [2.75, 3.05) is 6.61 Å². The number of hydrogen-bond acceptors (Lipinski definition) is 4. The topological polar surface area (TPSA) is 92.6 Å². The van der Waals surface area contributed by atoms with Gasteiger partial charge in [-0.3, -0.25) is 10.2 Å². The van der Waals surface area contributed by atoms with Crippen LogP contribution in [0.15, 0.2) is 36.5 Å². The molecule has 0 saturated carbocycles. The summed E-state index contributed by atoms with van der Waals surface area (Å²) in [4.78, 5) is 0. The molecule has 2 aromatic heterocycles. The van der Waals surface area contributed by atoms with Gasteiger partial charge >= 0.3 is 0 Å². The molecular weight excluding hydrogens is 278 g/mol. The van der Waals surface area contributed by atoms with Crippen LogP contribution < -0.4 is 5.73 Å². The van der Waals surface area contributed by atoms with E-state index >= 15 is 0 Å². The van der Waals surface area contributed by atoms with Gasteiger partial charge in [-0.1, -0.05) is 6.58 Å². The molecule has 4 N–H and O–H groups in total. The predicted molar refractivity (Wildman–Crippen MR) is 85.5 cm³/mol. The molecule has 2 aromatic rings. The van der Waals surface area contributed by atoms with Crippen molar-refractivity contribution in [1.82, 2.24) is 20.4 Å². The largest absolute Gasteiger partial charge is 0.493 e. The molecule has 0 spiro atoms. The van der Waals surface area contributed by atoms with Gasteiger partial charge in [-0.2, -0.15) is 10.2 Å². The van der Waals surface area contributed by atoms with Gasteiger partial charge in [0.25, 0.3) is 0 Å². The van der Waals surface area contributed by atoms with E-state index < -0.39 is 0 Å². The second-order valence-electron chi connectivity index (χ2n) is 5.21. The third-order valence-electron chi connectivity index (χ3n) is 3.88. The van der Waals surface area contributed by atoms with E-state index in [0.717, 1.165) is 41.1 Å². The second-order valence-corrected chi connectivity index (χ2v) is 5.21. The summed E-state index contributed by atoms with van der Waals surface area (Å²) >= 11 is 0. The molecule has 1 aliphatic heterocycles. The van der Waals surface area contributed by atoms with Crippen molar-refractivity contribution in [3.05, 3.63) is 59.0 Å². The Morgan fingerprint density at radius 1 is 1.41 bits per heavy atom. The van der Waals surface area contributed by atoms with Crippen molar-refractivity contribution < 1.29 is 4.74 Å². The number of nitrogens with two attached hydrogens (primary N) is 1. The highest BCUT2D eigenvalue weighted by Crippen LogP contribution is 2.34. The van der Waals surface area contributed by atoms with Gasteiger partial charge in [0.1, 0.15) is 5.76 Å². The zero-order chi connectivity index (χ0) is 15.5. The molecule has 0 aliphatic carbocycles. The molecule has 22 heavy (non-hydrogen) atoms. The Morgan fingerprint density at radius 3 is 2.91 bits per heavy atom. The number of nitrogens with zero attached hydrogens (tertiary/aromatic N) is 2. The quantitative estimate of drug-likeness (QED) is 0.789. The van der Waals surface area contributed by atoms with E-state index in [9.17, 15) is 0 Å².